The van der Waals surface area contributed by atoms with E-state index in [1.807, 2.05) is 0 Å². The van der Waals surface area contributed by atoms with E-state index in [2.05, 4.69) is 32.7 Å². The van der Waals surface area contributed by atoms with Gasteiger partial charge in [-0.1, -0.05) is 6.08 Å². The Morgan fingerprint density at radius 1 is 1.52 bits per heavy atom. The van der Waals surface area contributed by atoms with Crippen molar-refractivity contribution in [2.75, 3.05) is 26.2 Å². The third-order valence-corrected chi connectivity index (χ3v) is 4.23. The lowest BCUT2D eigenvalue weighted by Crippen LogP contribution is -2.45. The first-order chi connectivity index (χ1) is 10.0. The molecular weight excluding hydrogens is 338 g/mol. The van der Waals surface area contributed by atoms with Crippen LogP contribution in [0.3, 0.4) is 0 Å². The van der Waals surface area contributed by atoms with E-state index >= 15 is 0 Å². The molecule has 0 amide bonds. The molecule has 1 aromatic carbocycles. The van der Waals surface area contributed by atoms with Crippen LogP contribution in [0.5, 0.6) is 5.75 Å². The summed E-state index contributed by atoms with van der Waals surface area (Å²) in [5.74, 6) is 0.0611. The number of nitro groups is 1. The Kier molecular flexibility index (Phi) is 5.33. The van der Waals surface area contributed by atoms with Crippen molar-refractivity contribution in [3.05, 3.63) is 44.9 Å². The van der Waals surface area contributed by atoms with Crippen molar-refractivity contribution >= 4 is 21.6 Å². The zero-order chi connectivity index (χ0) is 15.4. The maximum atomic E-state index is 11.0. The van der Waals surface area contributed by atoms with Gasteiger partial charge in [-0.2, -0.15) is 0 Å². The SMILES string of the molecule is C=CC[C@@H](c1cc([N+](=O)[O-])cc(Br)c1O)N1CCNCC1. The number of phenolic OH excluding ortho intramolecular Hbond substituents is 1. The molecule has 0 radical (unpaired) electrons. The highest BCUT2D eigenvalue weighted by Crippen LogP contribution is 2.39. The highest BCUT2D eigenvalue weighted by Gasteiger charge is 2.26. The summed E-state index contributed by atoms with van der Waals surface area (Å²) in [5, 5.41) is 24.6. The predicted octanol–water partition coefficient (Wildman–Crippen LogP) is 2.59. The Morgan fingerprint density at radius 2 is 2.19 bits per heavy atom. The molecule has 0 spiro atoms. The third-order valence-electron chi connectivity index (χ3n) is 3.63. The second-order valence-corrected chi connectivity index (χ2v) is 5.80. The fourth-order valence-electron chi connectivity index (χ4n) is 2.59. The van der Waals surface area contributed by atoms with Crippen LogP contribution in [0.2, 0.25) is 0 Å². The molecule has 1 heterocycles. The van der Waals surface area contributed by atoms with Crippen molar-refractivity contribution in [1.82, 2.24) is 10.2 Å². The molecule has 1 aromatic rings. The number of hydrogen-bond donors (Lipinski definition) is 2. The molecule has 0 aliphatic carbocycles. The molecule has 1 saturated heterocycles. The Bertz CT molecular complexity index is 545. The van der Waals surface area contributed by atoms with Crippen LogP contribution in [0.25, 0.3) is 0 Å². The Balaban J connectivity index is 2.42. The standard InChI is InChI=1S/C14H18BrN3O3/c1-2-3-13(17-6-4-16-5-7-17)11-8-10(18(20)21)9-12(15)14(11)19/h2,8-9,13,16,19H,1,3-7H2/t13-/m0/s1. The third kappa shape index (κ3) is 3.61. The van der Waals surface area contributed by atoms with Gasteiger partial charge < -0.3 is 10.4 Å². The van der Waals surface area contributed by atoms with Gasteiger partial charge in [0.2, 0.25) is 0 Å². The molecule has 0 unspecified atom stereocenters. The number of rotatable bonds is 5. The zero-order valence-corrected chi connectivity index (χ0v) is 13.2. The minimum absolute atomic E-state index is 0.0288. The number of hydrogen-bond acceptors (Lipinski definition) is 5. The molecular formula is C14H18BrN3O3. The Morgan fingerprint density at radius 3 is 2.76 bits per heavy atom. The van der Waals surface area contributed by atoms with Gasteiger partial charge in [-0.25, -0.2) is 0 Å². The molecule has 114 valence electrons. The lowest BCUT2D eigenvalue weighted by atomic mass is 9.99. The van der Waals surface area contributed by atoms with Gasteiger partial charge in [0.1, 0.15) is 5.75 Å². The number of halogens is 1. The van der Waals surface area contributed by atoms with Crippen molar-refractivity contribution in [3.8, 4) is 5.75 Å². The maximum Gasteiger partial charge on any atom is 0.271 e. The van der Waals surface area contributed by atoms with Gasteiger partial charge in [-0.3, -0.25) is 15.0 Å². The van der Waals surface area contributed by atoms with Gasteiger partial charge in [0.15, 0.2) is 0 Å². The second kappa shape index (κ2) is 7.02. The van der Waals surface area contributed by atoms with Crippen LogP contribution in [0.15, 0.2) is 29.3 Å². The molecule has 1 fully saturated rings. The van der Waals surface area contributed by atoms with Gasteiger partial charge >= 0.3 is 0 Å². The van der Waals surface area contributed by atoms with E-state index in [1.54, 1.807) is 6.08 Å². The first kappa shape index (κ1) is 15.9. The average Bonchev–Trinajstić information content (AvgIpc) is 2.48. The number of aromatic hydroxyl groups is 1. The molecule has 2 rings (SSSR count). The van der Waals surface area contributed by atoms with E-state index in [-0.39, 0.29) is 17.5 Å². The largest absolute Gasteiger partial charge is 0.506 e. The van der Waals surface area contributed by atoms with Crippen molar-refractivity contribution in [1.29, 1.82) is 0 Å². The number of piperazine rings is 1. The molecule has 0 bridgehead atoms. The normalized spacial score (nSPS) is 17.4. The lowest BCUT2D eigenvalue weighted by Gasteiger charge is -2.35. The molecule has 1 aliphatic heterocycles. The molecule has 7 heteroatoms. The smallest absolute Gasteiger partial charge is 0.271 e. The van der Waals surface area contributed by atoms with E-state index in [1.165, 1.54) is 12.1 Å². The first-order valence-corrected chi connectivity index (χ1v) is 7.56. The van der Waals surface area contributed by atoms with Gasteiger partial charge in [-0.15, -0.1) is 6.58 Å². The molecule has 21 heavy (non-hydrogen) atoms. The monoisotopic (exact) mass is 355 g/mol. The topological polar surface area (TPSA) is 78.6 Å². The van der Waals surface area contributed by atoms with Gasteiger partial charge in [-0.05, 0) is 22.4 Å². The van der Waals surface area contributed by atoms with Crippen LogP contribution in [-0.2, 0) is 0 Å². The molecule has 1 aliphatic rings. The summed E-state index contributed by atoms with van der Waals surface area (Å²) in [7, 11) is 0. The summed E-state index contributed by atoms with van der Waals surface area (Å²) in [6.45, 7) is 7.16. The van der Waals surface area contributed by atoms with Crippen LogP contribution < -0.4 is 5.32 Å². The number of benzene rings is 1. The summed E-state index contributed by atoms with van der Waals surface area (Å²) in [4.78, 5) is 12.8. The molecule has 0 saturated carbocycles. The number of non-ortho nitro benzene ring substituents is 1. The minimum atomic E-state index is -0.448. The van der Waals surface area contributed by atoms with Crippen LogP contribution >= 0.6 is 15.9 Å². The van der Waals surface area contributed by atoms with E-state index in [0.29, 0.717) is 16.5 Å². The number of nitrogens with zero attached hydrogens (tertiary/aromatic N) is 2. The highest BCUT2D eigenvalue weighted by molar-refractivity contribution is 9.10. The average molecular weight is 356 g/mol. The van der Waals surface area contributed by atoms with Crippen LogP contribution in [0.1, 0.15) is 18.0 Å². The van der Waals surface area contributed by atoms with E-state index in [9.17, 15) is 15.2 Å². The van der Waals surface area contributed by atoms with Crippen molar-refractivity contribution < 1.29 is 10.0 Å². The van der Waals surface area contributed by atoms with E-state index in [4.69, 9.17) is 0 Å². The summed E-state index contributed by atoms with van der Waals surface area (Å²) < 4.78 is 0.343. The number of nitro benzene ring substituents is 1. The fraction of sp³-hybridized carbons (Fsp3) is 0.429. The van der Waals surface area contributed by atoms with E-state index in [0.717, 1.165) is 26.2 Å². The summed E-state index contributed by atoms with van der Waals surface area (Å²) in [6.07, 6.45) is 2.40. The fourth-order valence-corrected chi connectivity index (χ4v) is 3.05. The quantitative estimate of drug-likeness (QED) is 0.482. The van der Waals surface area contributed by atoms with Crippen LogP contribution in [0, 0.1) is 10.1 Å². The minimum Gasteiger partial charge on any atom is -0.506 e. The molecule has 1 atom stereocenters. The van der Waals surface area contributed by atoms with Gasteiger partial charge in [0, 0.05) is 49.9 Å². The van der Waals surface area contributed by atoms with E-state index < -0.39 is 4.92 Å². The zero-order valence-electron chi connectivity index (χ0n) is 11.6. The molecule has 2 N–H and O–H groups in total. The maximum absolute atomic E-state index is 11.0. The van der Waals surface area contributed by atoms with Gasteiger partial charge in [0.25, 0.3) is 5.69 Å². The summed E-state index contributed by atoms with van der Waals surface area (Å²) in [5.41, 5.74) is 0.539. The molecule has 0 aromatic heterocycles. The van der Waals surface area contributed by atoms with Crippen LogP contribution in [0.4, 0.5) is 5.69 Å². The van der Waals surface area contributed by atoms with Crippen LogP contribution in [-0.4, -0.2) is 41.1 Å². The summed E-state index contributed by atoms with van der Waals surface area (Å²) in [6, 6.07) is 2.67. The lowest BCUT2D eigenvalue weighted by molar-refractivity contribution is -0.385. The Labute approximate surface area is 131 Å². The predicted molar refractivity (Wildman–Crippen MR) is 84.5 cm³/mol. The first-order valence-electron chi connectivity index (χ1n) is 6.77. The number of nitrogens with one attached hydrogen (secondary N) is 1. The second-order valence-electron chi connectivity index (χ2n) is 4.95. The Hall–Kier alpha value is -1.44. The van der Waals surface area contributed by atoms with Crippen molar-refractivity contribution in [3.63, 3.8) is 0 Å². The van der Waals surface area contributed by atoms with Crippen molar-refractivity contribution in [2.45, 2.75) is 12.5 Å². The van der Waals surface area contributed by atoms with Crippen molar-refractivity contribution in [2.24, 2.45) is 0 Å². The van der Waals surface area contributed by atoms with Gasteiger partial charge in [0.05, 0.1) is 9.40 Å². The molecule has 6 nitrogen and oxygen atoms in total. The summed E-state index contributed by atoms with van der Waals surface area (Å²) >= 11 is 3.20. The highest BCUT2D eigenvalue weighted by atomic mass is 79.9. The number of phenols is 1.